The highest BCUT2D eigenvalue weighted by molar-refractivity contribution is 5.75. The molecule has 2 saturated heterocycles. The van der Waals surface area contributed by atoms with Crippen molar-refractivity contribution in [1.82, 2.24) is 9.80 Å². The molecule has 0 spiro atoms. The van der Waals surface area contributed by atoms with E-state index in [9.17, 15) is 4.79 Å². The molecule has 2 aliphatic heterocycles. The van der Waals surface area contributed by atoms with Crippen molar-refractivity contribution < 1.29 is 4.79 Å². The van der Waals surface area contributed by atoms with Gasteiger partial charge >= 0.3 is 6.03 Å². The molecule has 14 heavy (non-hydrogen) atoms. The summed E-state index contributed by atoms with van der Waals surface area (Å²) in [5.41, 5.74) is 0. The Hall–Kier alpha value is -0.730. The van der Waals surface area contributed by atoms with E-state index in [0.717, 1.165) is 25.6 Å². The molecule has 0 N–H and O–H groups in total. The summed E-state index contributed by atoms with van der Waals surface area (Å²) in [6, 6.07) is 0.919. The lowest BCUT2D eigenvalue weighted by Crippen LogP contribution is -2.45. The number of urea groups is 1. The molecule has 1 saturated carbocycles. The molecule has 2 unspecified atom stereocenters. The van der Waals surface area contributed by atoms with Crippen molar-refractivity contribution in [3.8, 4) is 0 Å². The first-order chi connectivity index (χ1) is 6.84. The van der Waals surface area contributed by atoms with Crippen LogP contribution >= 0.6 is 0 Å². The monoisotopic (exact) mass is 194 g/mol. The van der Waals surface area contributed by atoms with Crippen LogP contribution < -0.4 is 0 Å². The fraction of sp³-hybridized carbons (Fsp3) is 0.909. The summed E-state index contributed by atoms with van der Waals surface area (Å²) in [6.07, 6.45) is 6.29. The van der Waals surface area contributed by atoms with Crippen LogP contribution in [0.3, 0.4) is 0 Å². The second-order valence-electron chi connectivity index (χ2n) is 4.96. The molecule has 0 aromatic rings. The number of hydrogen-bond donors (Lipinski definition) is 0. The van der Waals surface area contributed by atoms with E-state index in [2.05, 4.69) is 4.90 Å². The van der Waals surface area contributed by atoms with Gasteiger partial charge < -0.3 is 9.80 Å². The van der Waals surface area contributed by atoms with Crippen LogP contribution in [0.2, 0.25) is 0 Å². The molecule has 3 rings (SSSR count). The van der Waals surface area contributed by atoms with Gasteiger partial charge in [-0.1, -0.05) is 0 Å². The molecule has 2 bridgehead atoms. The average molecular weight is 194 g/mol. The van der Waals surface area contributed by atoms with E-state index >= 15 is 0 Å². The van der Waals surface area contributed by atoms with E-state index < -0.39 is 0 Å². The number of likely N-dealkylation sites (tertiary alicyclic amines) is 2. The Morgan fingerprint density at radius 2 is 1.93 bits per heavy atom. The Kier molecular flexibility index (Phi) is 1.92. The summed E-state index contributed by atoms with van der Waals surface area (Å²) in [5.74, 6) is 0.826. The maximum absolute atomic E-state index is 12.1. The summed E-state index contributed by atoms with van der Waals surface area (Å²) in [6.45, 7) is 3.03. The van der Waals surface area contributed by atoms with Gasteiger partial charge in [-0.3, -0.25) is 0 Å². The van der Waals surface area contributed by atoms with Crippen molar-refractivity contribution >= 4 is 6.03 Å². The molecule has 0 aromatic carbocycles. The second kappa shape index (κ2) is 3.14. The zero-order valence-electron chi connectivity index (χ0n) is 8.61. The van der Waals surface area contributed by atoms with Crippen molar-refractivity contribution in [3.05, 3.63) is 0 Å². The smallest absolute Gasteiger partial charge is 0.320 e. The van der Waals surface area contributed by atoms with Crippen molar-refractivity contribution in [1.29, 1.82) is 0 Å². The van der Waals surface area contributed by atoms with Crippen molar-refractivity contribution in [2.45, 2.75) is 38.1 Å². The number of carbonyl (C=O) groups is 1. The first-order valence-corrected chi connectivity index (χ1v) is 5.90. The van der Waals surface area contributed by atoms with Crippen LogP contribution in [-0.2, 0) is 0 Å². The third-order valence-corrected chi connectivity index (χ3v) is 4.03. The number of fused-ring (bicyclic) bond motifs is 2. The Labute approximate surface area is 85.1 Å². The molecule has 1 aliphatic carbocycles. The Morgan fingerprint density at radius 3 is 2.50 bits per heavy atom. The van der Waals surface area contributed by atoms with E-state index in [-0.39, 0.29) is 0 Å². The summed E-state index contributed by atoms with van der Waals surface area (Å²) in [7, 11) is 0. The normalized spacial score (nSPS) is 35.7. The summed E-state index contributed by atoms with van der Waals surface area (Å²) >= 11 is 0. The van der Waals surface area contributed by atoms with Gasteiger partial charge in [0.15, 0.2) is 0 Å². The van der Waals surface area contributed by atoms with E-state index in [1.807, 2.05) is 4.90 Å². The van der Waals surface area contributed by atoms with Crippen molar-refractivity contribution in [2.75, 3.05) is 19.6 Å². The quantitative estimate of drug-likeness (QED) is 0.575. The van der Waals surface area contributed by atoms with Gasteiger partial charge in [-0.25, -0.2) is 4.79 Å². The number of nitrogens with zero attached hydrogens (tertiary/aromatic N) is 2. The lowest BCUT2D eigenvalue weighted by Gasteiger charge is -2.31. The van der Waals surface area contributed by atoms with E-state index in [1.165, 1.54) is 32.1 Å². The molecule has 3 heteroatoms. The summed E-state index contributed by atoms with van der Waals surface area (Å²) < 4.78 is 0. The molecule has 2 amide bonds. The fourth-order valence-corrected chi connectivity index (χ4v) is 3.25. The third kappa shape index (κ3) is 1.22. The lowest BCUT2D eigenvalue weighted by molar-refractivity contribution is 0.147. The van der Waals surface area contributed by atoms with E-state index in [1.54, 1.807) is 0 Å². The third-order valence-electron chi connectivity index (χ3n) is 4.03. The van der Waals surface area contributed by atoms with Crippen LogP contribution in [0.15, 0.2) is 0 Å². The van der Waals surface area contributed by atoms with Crippen LogP contribution in [0.5, 0.6) is 0 Å². The zero-order valence-corrected chi connectivity index (χ0v) is 8.61. The highest BCUT2D eigenvalue weighted by atomic mass is 16.2. The molecule has 3 aliphatic rings. The first kappa shape index (κ1) is 8.57. The van der Waals surface area contributed by atoms with Crippen LogP contribution in [0.25, 0.3) is 0 Å². The van der Waals surface area contributed by atoms with E-state index in [0.29, 0.717) is 12.1 Å². The minimum Gasteiger partial charge on any atom is -0.325 e. The van der Waals surface area contributed by atoms with E-state index in [4.69, 9.17) is 0 Å². The molecule has 2 heterocycles. The topological polar surface area (TPSA) is 23.6 Å². The Balaban J connectivity index is 1.67. The van der Waals surface area contributed by atoms with Gasteiger partial charge in [0.05, 0.1) is 0 Å². The lowest BCUT2D eigenvalue weighted by atomic mass is 10.1. The van der Waals surface area contributed by atoms with Gasteiger partial charge in [-0.2, -0.15) is 0 Å². The predicted molar refractivity (Wildman–Crippen MR) is 54.0 cm³/mol. The van der Waals surface area contributed by atoms with Gasteiger partial charge in [0, 0.05) is 25.7 Å². The fourth-order valence-electron chi connectivity index (χ4n) is 3.25. The zero-order chi connectivity index (χ0) is 9.54. The van der Waals surface area contributed by atoms with Gasteiger partial charge in [0.1, 0.15) is 0 Å². The maximum Gasteiger partial charge on any atom is 0.320 e. The van der Waals surface area contributed by atoms with Crippen LogP contribution in [0, 0.1) is 5.92 Å². The largest absolute Gasteiger partial charge is 0.325 e. The van der Waals surface area contributed by atoms with Gasteiger partial charge in [-0.05, 0) is 38.0 Å². The molecule has 78 valence electrons. The number of carbonyl (C=O) groups excluding carboxylic acids is 1. The average Bonchev–Trinajstić information content (AvgIpc) is 2.93. The van der Waals surface area contributed by atoms with Crippen molar-refractivity contribution in [2.24, 2.45) is 5.92 Å². The number of rotatable bonds is 0. The number of piperidine rings is 1. The summed E-state index contributed by atoms with van der Waals surface area (Å²) in [4.78, 5) is 16.3. The van der Waals surface area contributed by atoms with Gasteiger partial charge in [-0.15, -0.1) is 0 Å². The first-order valence-electron chi connectivity index (χ1n) is 5.90. The minimum atomic E-state index is 0.328. The SMILES string of the molecule is O=C(N1CCCC1)N1CC2CCC1C2. The molecule has 0 aromatic heterocycles. The highest BCUT2D eigenvalue weighted by Crippen LogP contribution is 2.38. The highest BCUT2D eigenvalue weighted by Gasteiger charge is 2.41. The van der Waals surface area contributed by atoms with Crippen LogP contribution in [0.4, 0.5) is 4.79 Å². The van der Waals surface area contributed by atoms with Crippen LogP contribution in [0.1, 0.15) is 32.1 Å². The number of amides is 2. The molecule has 3 fully saturated rings. The Bertz CT molecular complexity index is 248. The molecule has 0 radical (unpaired) electrons. The summed E-state index contributed by atoms with van der Waals surface area (Å²) in [5, 5.41) is 0. The van der Waals surface area contributed by atoms with Gasteiger partial charge in [0.2, 0.25) is 0 Å². The molecular formula is C11H18N2O. The predicted octanol–water partition coefficient (Wildman–Crippen LogP) is 1.69. The maximum atomic E-state index is 12.1. The second-order valence-corrected chi connectivity index (χ2v) is 4.96. The van der Waals surface area contributed by atoms with Gasteiger partial charge in [0.25, 0.3) is 0 Å². The van der Waals surface area contributed by atoms with Crippen LogP contribution in [-0.4, -0.2) is 41.5 Å². The standard InChI is InChI=1S/C11H18N2O/c14-11(12-5-1-2-6-12)13-8-9-3-4-10(13)7-9/h9-10H,1-8H2. The minimum absolute atomic E-state index is 0.328. The molecular weight excluding hydrogens is 176 g/mol. The number of hydrogen-bond acceptors (Lipinski definition) is 1. The molecule has 2 atom stereocenters. The Morgan fingerprint density at radius 1 is 1.14 bits per heavy atom. The van der Waals surface area contributed by atoms with Crippen molar-refractivity contribution in [3.63, 3.8) is 0 Å². The molecule has 3 nitrogen and oxygen atoms in total.